The largest absolute Gasteiger partial charge is 0.459 e. The smallest absolute Gasteiger partial charge is 0.325 e. The fourth-order valence-electron chi connectivity index (χ4n) is 1.97. The Morgan fingerprint density at radius 1 is 1.16 bits per heavy atom. The van der Waals surface area contributed by atoms with E-state index >= 15 is 0 Å². The Morgan fingerprint density at radius 3 is 2.48 bits per heavy atom. The minimum absolute atomic E-state index is 0.175. The summed E-state index contributed by atoms with van der Waals surface area (Å²) in [5.74, 6) is -1.13. The second-order valence-electron chi connectivity index (χ2n) is 6.35. The van der Waals surface area contributed by atoms with E-state index in [1.807, 2.05) is 12.1 Å². The monoisotopic (exact) mass is 361 g/mol. The standard InChI is InChI=1S/C19H20FNO3S/c1-19(2,3)24-18(23)12-21-17(22)11-9-15-8-10-16(25-15)13-4-6-14(20)7-5-13/h4-11H,12H2,1-3H3,(H,21,22)/b11-9+. The van der Waals surface area contributed by atoms with Crippen LogP contribution in [-0.2, 0) is 14.3 Å². The number of carbonyl (C=O) groups excluding carboxylic acids is 2. The van der Waals surface area contributed by atoms with Gasteiger partial charge >= 0.3 is 5.97 Å². The first-order valence-corrected chi connectivity index (χ1v) is 8.58. The van der Waals surface area contributed by atoms with E-state index in [0.717, 1.165) is 15.3 Å². The van der Waals surface area contributed by atoms with Gasteiger partial charge < -0.3 is 10.1 Å². The molecule has 0 unspecified atom stereocenters. The van der Waals surface area contributed by atoms with Crippen LogP contribution in [0.2, 0.25) is 0 Å². The van der Waals surface area contributed by atoms with Crippen molar-refractivity contribution in [3.05, 3.63) is 53.2 Å². The molecule has 132 valence electrons. The van der Waals surface area contributed by atoms with Gasteiger partial charge in [0.05, 0.1) is 0 Å². The summed E-state index contributed by atoms with van der Waals surface area (Å²) < 4.78 is 18.1. The molecule has 1 amide bonds. The molecular weight excluding hydrogens is 341 g/mol. The van der Waals surface area contributed by atoms with Gasteiger partial charge in [0, 0.05) is 15.8 Å². The molecule has 4 nitrogen and oxygen atoms in total. The number of benzene rings is 1. The molecule has 0 aliphatic rings. The topological polar surface area (TPSA) is 55.4 Å². The lowest BCUT2D eigenvalue weighted by Crippen LogP contribution is -2.33. The van der Waals surface area contributed by atoms with E-state index in [0.29, 0.717) is 0 Å². The summed E-state index contributed by atoms with van der Waals surface area (Å²) in [6, 6.07) is 10.0. The summed E-state index contributed by atoms with van der Waals surface area (Å²) in [6.45, 7) is 5.12. The Hall–Kier alpha value is -2.47. The number of halogens is 1. The summed E-state index contributed by atoms with van der Waals surface area (Å²) in [5, 5.41) is 2.48. The van der Waals surface area contributed by atoms with E-state index in [1.165, 1.54) is 29.5 Å². The molecule has 0 atom stereocenters. The first kappa shape index (κ1) is 18.9. The van der Waals surface area contributed by atoms with Crippen molar-refractivity contribution in [2.45, 2.75) is 26.4 Å². The van der Waals surface area contributed by atoms with Crippen LogP contribution in [0.1, 0.15) is 25.6 Å². The lowest BCUT2D eigenvalue weighted by Gasteiger charge is -2.19. The number of esters is 1. The zero-order chi connectivity index (χ0) is 18.4. The molecule has 0 fully saturated rings. The Balaban J connectivity index is 1.88. The molecule has 1 aromatic heterocycles. The molecule has 2 aromatic rings. The average molecular weight is 361 g/mol. The van der Waals surface area contributed by atoms with Crippen molar-refractivity contribution in [3.63, 3.8) is 0 Å². The quantitative estimate of drug-likeness (QED) is 0.646. The van der Waals surface area contributed by atoms with Crippen molar-refractivity contribution in [1.82, 2.24) is 5.32 Å². The fraction of sp³-hybridized carbons (Fsp3) is 0.263. The minimum Gasteiger partial charge on any atom is -0.459 e. The maximum atomic E-state index is 13.0. The van der Waals surface area contributed by atoms with Crippen molar-refractivity contribution in [2.24, 2.45) is 0 Å². The van der Waals surface area contributed by atoms with Crippen molar-refractivity contribution >= 4 is 29.3 Å². The van der Waals surface area contributed by atoms with Gasteiger partial charge in [0.1, 0.15) is 18.0 Å². The van der Waals surface area contributed by atoms with Crippen LogP contribution < -0.4 is 5.32 Å². The molecule has 25 heavy (non-hydrogen) atoms. The van der Waals surface area contributed by atoms with Crippen molar-refractivity contribution < 1.29 is 18.7 Å². The zero-order valence-electron chi connectivity index (χ0n) is 14.3. The zero-order valence-corrected chi connectivity index (χ0v) is 15.2. The fourth-order valence-corrected chi connectivity index (χ4v) is 2.88. The van der Waals surface area contributed by atoms with Crippen LogP contribution in [-0.4, -0.2) is 24.0 Å². The highest BCUT2D eigenvalue weighted by Crippen LogP contribution is 2.28. The van der Waals surface area contributed by atoms with Gasteiger partial charge in [0.25, 0.3) is 0 Å². The third-order valence-corrected chi connectivity index (χ3v) is 4.08. The number of nitrogens with one attached hydrogen (secondary N) is 1. The molecule has 0 saturated heterocycles. The Morgan fingerprint density at radius 2 is 1.84 bits per heavy atom. The summed E-state index contributed by atoms with van der Waals surface area (Å²) in [6.07, 6.45) is 3.03. The van der Waals surface area contributed by atoms with Gasteiger partial charge in [-0.2, -0.15) is 0 Å². The molecule has 1 heterocycles. The van der Waals surface area contributed by atoms with Crippen molar-refractivity contribution in [1.29, 1.82) is 0 Å². The second-order valence-corrected chi connectivity index (χ2v) is 7.46. The van der Waals surface area contributed by atoms with E-state index in [9.17, 15) is 14.0 Å². The lowest BCUT2D eigenvalue weighted by molar-refractivity contribution is -0.154. The van der Waals surface area contributed by atoms with Crippen LogP contribution in [0.4, 0.5) is 4.39 Å². The number of ether oxygens (including phenoxy) is 1. The molecule has 6 heteroatoms. The second kappa shape index (κ2) is 8.07. The SMILES string of the molecule is CC(C)(C)OC(=O)CNC(=O)/C=C/c1ccc(-c2ccc(F)cc2)s1. The number of hydrogen-bond acceptors (Lipinski definition) is 4. The maximum absolute atomic E-state index is 13.0. The van der Waals surface area contributed by atoms with Crippen LogP contribution in [0.3, 0.4) is 0 Å². The summed E-state index contributed by atoms with van der Waals surface area (Å²) >= 11 is 1.49. The Kier molecular flexibility index (Phi) is 6.09. The maximum Gasteiger partial charge on any atom is 0.325 e. The number of hydrogen-bond donors (Lipinski definition) is 1. The first-order valence-electron chi connectivity index (χ1n) is 7.76. The number of rotatable bonds is 5. The van der Waals surface area contributed by atoms with Gasteiger partial charge in [-0.05, 0) is 56.7 Å². The highest BCUT2D eigenvalue weighted by molar-refractivity contribution is 7.16. The van der Waals surface area contributed by atoms with Crippen molar-refractivity contribution in [2.75, 3.05) is 6.54 Å². The highest BCUT2D eigenvalue weighted by Gasteiger charge is 2.16. The number of amides is 1. The minimum atomic E-state index is -0.578. The van der Waals surface area contributed by atoms with Gasteiger partial charge in [-0.3, -0.25) is 9.59 Å². The summed E-state index contributed by atoms with van der Waals surface area (Å²) in [5.41, 5.74) is 0.339. The molecule has 1 N–H and O–H groups in total. The van der Waals surface area contributed by atoms with E-state index in [1.54, 1.807) is 39.0 Å². The highest BCUT2D eigenvalue weighted by atomic mass is 32.1. The van der Waals surface area contributed by atoms with E-state index < -0.39 is 11.6 Å². The van der Waals surface area contributed by atoms with Gasteiger partial charge in [-0.25, -0.2) is 4.39 Å². The molecular formula is C19H20FNO3S. The molecule has 2 rings (SSSR count). The van der Waals surface area contributed by atoms with Crippen LogP contribution >= 0.6 is 11.3 Å². The third kappa shape index (κ3) is 6.51. The van der Waals surface area contributed by atoms with E-state index in [2.05, 4.69) is 5.32 Å². The normalized spacial score (nSPS) is 11.5. The lowest BCUT2D eigenvalue weighted by atomic mass is 10.2. The third-order valence-electron chi connectivity index (χ3n) is 2.98. The predicted octanol–water partition coefficient (Wildman–Crippen LogP) is 4.03. The van der Waals surface area contributed by atoms with Gasteiger partial charge in [-0.1, -0.05) is 12.1 Å². The van der Waals surface area contributed by atoms with Crippen LogP contribution in [0.5, 0.6) is 0 Å². The van der Waals surface area contributed by atoms with Crippen LogP contribution in [0.15, 0.2) is 42.5 Å². The van der Waals surface area contributed by atoms with Crippen molar-refractivity contribution in [3.8, 4) is 10.4 Å². The molecule has 1 aromatic carbocycles. The van der Waals surface area contributed by atoms with Crippen LogP contribution in [0, 0.1) is 5.82 Å². The van der Waals surface area contributed by atoms with E-state index in [4.69, 9.17) is 4.74 Å². The first-order chi connectivity index (χ1) is 11.7. The molecule has 0 saturated carbocycles. The summed E-state index contributed by atoms with van der Waals surface area (Å²) in [4.78, 5) is 25.2. The van der Waals surface area contributed by atoms with E-state index in [-0.39, 0.29) is 18.3 Å². The predicted molar refractivity (Wildman–Crippen MR) is 97.6 cm³/mol. The Labute approximate surface area is 150 Å². The molecule has 0 bridgehead atoms. The molecule has 0 aliphatic heterocycles. The van der Waals surface area contributed by atoms with Gasteiger partial charge in [0.2, 0.25) is 5.91 Å². The van der Waals surface area contributed by atoms with Gasteiger partial charge in [-0.15, -0.1) is 11.3 Å². The Bertz CT molecular complexity index is 773. The molecule has 0 aliphatic carbocycles. The summed E-state index contributed by atoms with van der Waals surface area (Å²) in [7, 11) is 0. The molecule has 0 radical (unpaired) electrons. The number of thiophene rings is 1. The van der Waals surface area contributed by atoms with Gasteiger partial charge in [0.15, 0.2) is 0 Å². The molecule has 0 spiro atoms. The van der Waals surface area contributed by atoms with Crippen LogP contribution in [0.25, 0.3) is 16.5 Å². The number of carbonyl (C=O) groups is 2. The average Bonchev–Trinajstić information content (AvgIpc) is 2.99.